The smallest absolute Gasteiger partial charge is 0.269 e. The second kappa shape index (κ2) is 6.53. The van der Waals surface area contributed by atoms with Crippen molar-refractivity contribution in [3.05, 3.63) is 40.1 Å². The third-order valence-corrected chi connectivity index (χ3v) is 3.46. The molecule has 0 aromatic carbocycles. The van der Waals surface area contributed by atoms with E-state index in [4.69, 9.17) is 5.73 Å². The van der Waals surface area contributed by atoms with Crippen molar-refractivity contribution < 1.29 is 0 Å². The molecule has 21 heavy (non-hydrogen) atoms. The Labute approximate surface area is 124 Å². The molecule has 2 aromatic heterocycles. The summed E-state index contributed by atoms with van der Waals surface area (Å²) in [4.78, 5) is 14.1. The van der Waals surface area contributed by atoms with Gasteiger partial charge in [-0.2, -0.15) is 10.2 Å². The Morgan fingerprint density at radius 2 is 2.14 bits per heavy atom. The van der Waals surface area contributed by atoms with Crippen molar-refractivity contribution in [1.29, 1.82) is 0 Å². The maximum atomic E-state index is 12.2. The van der Waals surface area contributed by atoms with Crippen molar-refractivity contribution in [1.82, 2.24) is 19.6 Å². The van der Waals surface area contributed by atoms with Crippen LogP contribution in [0, 0.1) is 0 Å². The molecule has 0 spiro atoms. The Morgan fingerprint density at radius 1 is 1.38 bits per heavy atom. The first-order chi connectivity index (χ1) is 10.0. The van der Waals surface area contributed by atoms with E-state index < -0.39 is 0 Å². The SMILES string of the molecule is CCc1cc(Cn2ncc(N(C)CCN)cc2=O)n(C)n1. The number of hydrogen-bond acceptors (Lipinski definition) is 5. The summed E-state index contributed by atoms with van der Waals surface area (Å²) in [6.45, 7) is 3.70. The van der Waals surface area contributed by atoms with Crippen LogP contribution in [0.3, 0.4) is 0 Å². The van der Waals surface area contributed by atoms with E-state index >= 15 is 0 Å². The summed E-state index contributed by atoms with van der Waals surface area (Å²) in [5.41, 5.74) is 8.14. The van der Waals surface area contributed by atoms with Crippen LogP contribution in [-0.4, -0.2) is 39.7 Å². The number of nitrogens with zero attached hydrogens (tertiary/aromatic N) is 5. The van der Waals surface area contributed by atoms with Crippen molar-refractivity contribution in [2.24, 2.45) is 12.8 Å². The van der Waals surface area contributed by atoms with Gasteiger partial charge in [0, 0.05) is 33.3 Å². The Balaban J connectivity index is 2.21. The number of rotatable bonds is 6. The Hall–Kier alpha value is -2.15. The average Bonchev–Trinajstić information content (AvgIpc) is 2.82. The van der Waals surface area contributed by atoms with E-state index in [0.717, 1.165) is 23.5 Å². The molecule has 0 saturated heterocycles. The van der Waals surface area contributed by atoms with E-state index in [-0.39, 0.29) is 5.56 Å². The molecule has 0 aliphatic rings. The van der Waals surface area contributed by atoms with Crippen LogP contribution in [0.1, 0.15) is 18.3 Å². The Kier molecular flexibility index (Phi) is 4.74. The molecule has 2 heterocycles. The van der Waals surface area contributed by atoms with Crippen LogP contribution < -0.4 is 16.2 Å². The summed E-state index contributed by atoms with van der Waals surface area (Å²) in [7, 11) is 3.77. The van der Waals surface area contributed by atoms with E-state index in [9.17, 15) is 4.79 Å². The molecule has 0 unspecified atom stereocenters. The fourth-order valence-corrected chi connectivity index (χ4v) is 2.12. The summed E-state index contributed by atoms with van der Waals surface area (Å²) in [5.74, 6) is 0. The van der Waals surface area contributed by atoms with Crippen LogP contribution in [0.2, 0.25) is 0 Å². The molecule has 0 aliphatic carbocycles. The lowest BCUT2D eigenvalue weighted by atomic mass is 10.3. The molecular weight excluding hydrogens is 268 g/mol. The van der Waals surface area contributed by atoms with E-state index in [1.807, 2.05) is 25.1 Å². The lowest BCUT2D eigenvalue weighted by Crippen LogP contribution is -2.29. The maximum Gasteiger partial charge on any atom is 0.269 e. The van der Waals surface area contributed by atoms with Gasteiger partial charge in [-0.1, -0.05) is 6.92 Å². The molecule has 0 atom stereocenters. The van der Waals surface area contributed by atoms with Crippen LogP contribution in [0.4, 0.5) is 5.69 Å². The summed E-state index contributed by atoms with van der Waals surface area (Å²) in [6.07, 6.45) is 2.56. The van der Waals surface area contributed by atoms with Crippen molar-refractivity contribution in [3.8, 4) is 0 Å². The van der Waals surface area contributed by atoms with Gasteiger partial charge in [0.25, 0.3) is 5.56 Å². The minimum absolute atomic E-state index is 0.129. The fourth-order valence-electron chi connectivity index (χ4n) is 2.12. The number of aromatic nitrogens is 4. The number of anilines is 1. The molecule has 0 aliphatic heterocycles. The first kappa shape index (κ1) is 15.2. The monoisotopic (exact) mass is 290 g/mol. The highest BCUT2D eigenvalue weighted by molar-refractivity contribution is 5.41. The predicted molar refractivity (Wildman–Crippen MR) is 82.5 cm³/mol. The molecule has 0 amide bonds. The lowest BCUT2D eigenvalue weighted by molar-refractivity contribution is 0.589. The zero-order chi connectivity index (χ0) is 15.4. The Morgan fingerprint density at radius 3 is 2.71 bits per heavy atom. The molecule has 0 fully saturated rings. The first-order valence-electron chi connectivity index (χ1n) is 7.05. The van der Waals surface area contributed by atoms with Crippen molar-refractivity contribution in [3.63, 3.8) is 0 Å². The van der Waals surface area contributed by atoms with Gasteiger partial charge in [-0.25, -0.2) is 4.68 Å². The number of likely N-dealkylation sites (N-methyl/N-ethyl adjacent to an activating group) is 1. The Bertz CT molecular complexity index is 660. The highest BCUT2D eigenvalue weighted by Gasteiger charge is 2.08. The van der Waals surface area contributed by atoms with Gasteiger partial charge in [0.15, 0.2) is 0 Å². The van der Waals surface area contributed by atoms with Crippen LogP contribution in [0.25, 0.3) is 0 Å². The van der Waals surface area contributed by atoms with Crippen LogP contribution >= 0.6 is 0 Å². The summed E-state index contributed by atoms with van der Waals surface area (Å²) < 4.78 is 3.23. The molecule has 0 bridgehead atoms. The summed E-state index contributed by atoms with van der Waals surface area (Å²) in [5, 5.41) is 8.61. The van der Waals surface area contributed by atoms with Gasteiger partial charge in [0.2, 0.25) is 0 Å². The van der Waals surface area contributed by atoms with E-state index in [1.54, 1.807) is 16.9 Å². The molecule has 2 aromatic rings. The lowest BCUT2D eigenvalue weighted by Gasteiger charge is -2.17. The van der Waals surface area contributed by atoms with Crippen LogP contribution in [0.5, 0.6) is 0 Å². The number of nitrogens with two attached hydrogens (primary N) is 1. The normalized spacial score (nSPS) is 10.9. The molecule has 0 radical (unpaired) electrons. The number of aryl methyl sites for hydroxylation is 2. The van der Waals surface area contributed by atoms with Gasteiger partial charge >= 0.3 is 0 Å². The zero-order valence-electron chi connectivity index (χ0n) is 12.8. The van der Waals surface area contributed by atoms with Crippen molar-refractivity contribution in [2.75, 3.05) is 25.0 Å². The molecule has 2 rings (SSSR count). The van der Waals surface area contributed by atoms with Gasteiger partial charge in [-0.05, 0) is 12.5 Å². The zero-order valence-corrected chi connectivity index (χ0v) is 12.8. The van der Waals surface area contributed by atoms with Gasteiger partial charge < -0.3 is 10.6 Å². The third kappa shape index (κ3) is 3.49. The van der Waals surface area contributed by atoms with Gasteiger partial charge in [-0.3, -0.25) is 9.48 Å². The standard InChI is InChI=1S/C14H22N6O/c1-4-11-7-13(19(3)17-11)10-20-14(21)8-12(9-16-20)18(2)6-5-15/h7-9H,4-6,10,15H2,1-3H3. The van der Waals surface area contributed by atoms with E-state index in [1.165, 1.54) is 4.68 Å². The predicted octanol–water partition coefficient (Wildman–Crippen LogP) is -0.0176. The number of hydrogen-bond donors (Lipinski definition) is 1. The first-order valence-corrected chi connectivity index (χ1v) is 7.05. The minimum Gasteiger partial charge on any atom is -0.372 e. The molecule has 2 N–H and O–H groups in total. The molecule has 114 valence electrons. The highest BCUT2D eigenvalue weighted by Crippen LogP contribution is 2.08. The quantitative estimate of drug-likeness (QED) is 0.808. The van der Waals surface area contributed by atoms with Crippen molar-refractivity contribution >= 4 is 5.69 Å². The van der Waals surface area contributed by atoms with E-state index in [2.05, 4.69) is 17.1 Å². The molecular formula is C14H22N6O. The van der Waals surface area contributed by atoms with Gasteiger partial charge in [0.05, 0.1) is 29.8 Å². The second-order valence-corrected chi connectivity index (χ2v) is 5.02. The molecule has 7 nitrogen and oxygen atoms in total. The van der Waals surface area contributed by atoms with Crippen LogP contribution in [0.15, 0.2) is 23.1 Å². The summed E-state index contributed by atoms with van der Waals surface area (Å²) >= 11 is 0. The van der Waals surface area contributed by atoms with Crippen LogP contribution in [-0.2, 0) is 20.0 Å². The van der Waals surface area contributed by atoms with E-state index in [0.29, 0.717) is 19.6 Å². The average molecular weight is 290 g/mol. The third-order valence-electron chi connectivity index (χ3n) is 3.46. The topological polar surface area (TPSA) is 82.0 Å². The van der Waals surface area contributed by atoms with Crippen molar-refractivity contribution in [2.45, 2.75) is 19.9 Å². The second-order valence-electron chi connectivity index (χ2n) is 5.02. The maximum absolute atomic E-state index is 12.2. The molecule has 0 saturated carbocycles. The minimum atomic E-state index is -0.129. The summed E-state index contributed by atoms with van der Waals surface area (Å²) in [6, 6.07) is 3.59. The largest absolute Gasteiger partial charge is 0.372 e. The fraction of sp³-hybridized carbons (Fsp3) is 0.500. The van der Waals surface area contributed by atoms with Gasteiger partial charge in [0.1, 0.15) is 0 Å². The molecule has 7 heteroatoms. The van der Waals surface area contributed by atoms with Gasteiger partial charge in [-0.15, -0.1) is 0 Å². The highest BCUT2D eigenvalue weighted by atomic mass is 16.1.